The molecule has 0 amide bonds. The molecule has 0 fully saturated rings. The number of carbonyl (C=O) groups is 1. The third-order valence-corrected chi connectivity index (χ3v) is 1.11. The summed E-state index contributed by atoms with van der Waals surface area (Å²) in [5, 5.41) is 27.0. The number of rotatable bonds is 2. The van der Waals surface area contributed by atoms with Gasteiger partial charge < -0.3 is 20.1 Å². The van der Waals surface area contributed by atoms with Gasteiger partial charge in [0.2, 0.25) is 5.79 Å². The maximum atomic E-state index is 9.85. The van der Waals surface area contributed by atoms with E-state index in [0.717, 1.165) is 0 Å². The van der Waals surface area contributed by atoms with Crippen LogP contribution in [-0.4, -0.2) is 22.0 Å². The van der Waals surface area contributed by atoms with Crippen LogP contribution < -0.4 is 34.7 Å². The number of hydrogen-bond acceptors (Lipinski definition) is 4. The predicted molar refractivity (Wildman–Crippen MR) is 27.0 cm³/mol. The van der Waals surface area contributed by atoms with E-state index in [-0.39, 0.29) is 29.6 Å². The Morgan fingerprint density at radius 3 is 1.80 bits per heavy atom. The smallest absolute Gasteiger partial charge is 0.544 e. The van der Waals surface area contributed by atoms with Crippen molar-refractivity contribution in [1.82, 2.24) is 0 Å². The molecule has 0 rings (SSSR count). The van der Waals surface area contributed by atoms with Gasteiger partial charge in [-0.15, -0.1) is 0 Å². The zero-order valence-electron chi connectivity index (χ0n) is 6.29. The zero-order chi connectivity index (χ0) is 7.65. The molecule has 0 spiro atoms. The van der Waals surface area contributed by atoms with E-state index < -0.39 is 17.7 Å². The molecular formula is C5H9NaO4. The van der Waals surface area contributed by atoms with Crippen LogP contribution in [0.15, 0.2) is 0 Å². The Labute approximate surface area is 81.2 Å². The maximum Gasteiger partial charge on any atom is 1.00 e. The number of carboxylic acids is 1. The van der Waals surface area contributed by atoms with Crippen molar-refractivity contribution in [3.8, 4) is 0 Å². The third kappa shape index (κ3) is 2.98. The Hall–Kier alpha value is 0.390. The summed E-state index contributed by atoms with van der Waals surface area (Å²) >= 11 is 0. The van der Waals surface area contributed by atoms with Crippen LogP contribution in [0.5, 0.6) is 0 Å². The topological polar surface area (TPSA) is 80.6 Å². The van der Waals surface area contributed by atoms with Gasteiger partial charge in [0.1, 0.15) is 5.97 Å². The second kappa shape index (κ2) is 4.31. The van der Waals surface area contributed by atoms with Crippen molar-refractivity contribution >= 4 is 5.97 Å². The quantitative estimate of drug-likeness (QED) is 0.310. The minimum absolute atomic E-state index is 0. The van der Waals surface area contributed by atoms with E-state index in [2.05, 4.69) is 0 Å². The molecule has 0 aromatic carbocycles. The van der Waals surface area contributed by atoms with Crippen molar-refractivity contribution in [2.24, 2.45) is 5.92 Å². The largest absolute Gasteiger partial charge is 1.00 e. The number of carbonyl (C=O) groups excluding carboxylic acids is 1. The van der Waals surface area contributed by atoms with Crippen molar-refractivity contribution in [2.45, 2.75) is 19.6 Å². The molecule has 0 unspecified atom stereocenters. The van der Waals surface area contributed by atoms with Gasteiger partial charge >= 0.3 is 29.6 Å². The summed E-state index contributed by atoms with van der Waals surface area (Å²) in [7, 11) is 0. The Morgan fingerprint density at radius 1 is 1.50 bits per heavy atom. The molecular weight excluding hydrogens is 147 g/mol. The fraction of sp³-hybridized carbons (Fsp3) is 0.800. The van der Waals surface area contributed by atoms with Gasteiger partial charge in [0.05, 0.1) is 0 Å². The summed E-state index contributed by atoms with van der Waals surface area (Å²) in [5.41, 5.74) is 0. The normalized spacial score (nSPS) is 10.9. The second-order valence-corrected chi connectivity index (χ2v) is 2.17. The molecule has 0 aromatic rings. The van der Waals surface area contributed by atoms with E-state index in [1.165, 1.54) is 13.8 Å². The van der Waals surface area contributed by atoms with Crippen molar-refractivity contribution < 1.29 is 49.7 Å². The van der Waals surface area contributed by atoms with E-state index in [0.29, 0.717) is 0 Å². The predicted octanol–water partition coefficient (Wildman–Crippen LogP) is -4.92. The van der Waals surface area contributed by atoms with Crippen LogP contribution in [0, 0.1) is 5.92 Å². The molecule has 2 N–H and O–H groups in total. The number of aliphatic carboxylic acids is 1. The van der Waals surface area contributed by atoms with Crippen LogP contribution in [0.2, 0.25) is 0 Å². The first kappa shape index (κ1) is 13.0. The average Bonchev–Trinajstić information content (AvgIpc) is 1.65. The van der Waals surface area contributed by atoms with Gasteiger partial charge in [0.15, 0.2) is 0 Å². The van der Waals surface area contributed by atoms with Crippen LogP contribution in [-0.2, 0) is 4.79 Å². The minimum Gasteiger partial charge on any atom is -0.544 e. The first-order valence-electron chi connectivity index (χ1n) is 2.55. The Kier molecular flexibility index (Phi) is 5.60. The van der Waals surface area contributed by atoms with E-state index >= 15 is 0 Å². The van der Waals surface area contributed by atoms with Gasteiger partial charge in [-0.1, -0.05) is 13.8 Å². The van der Waals surface area contributed by atoms with Crippen molar-refractivity contribution in [3.63, 3.8) is 0 Å². The molecule has 0 aromatic heterocycles. The van der Waals surface area contributed by atoms with Gasteiger partial charge in [0, 0.05) is 5.92 Å². The molecule has 0 bridgehead atoms. The van der Waals surface area contributed by atoms with E-state index in [4.69, 9.17) is 10.2 Å². The van der Waals surface area contributed by atoms with Crippen molar-refractivity contribution in [1.29, 1.82) is 0 Å². The Bertz CT molecular complexity index is 121. The monoisotopic (exact) mass is 156 g/mol. The summed E-state index contributed by atoms with van der Waals surface area (Å²) in [6, 6.07) is 0. The average molecular weight is 156 g/mol. The number of carboxylic acid groups (broad SMARTS) is 1. The number of hydrogen-bond donors (Lipinski definition) is 2. The molecule has 5 heteroatoms. The van der Waals surface area contributed by atoms with E-state index in [1.54, 1.807) is 0 Å². The van der Waals surface area contributed by atoms with E-state index in [9.17, 15) is 9.90 Å². The molecule has 0 aliphatic heterocycles. The van der Waals surface area contributed by atoms with Crippen LogP contribution in [0.1, 0.15) is 13.8 Å². The molecule has 4 nitrogen and oxygen atoms in total. The molecule has 0 aliphatic carbocycles. The maximum absolute atomic E-state index is 9.85. The van der Waals surface area contributed by atoms with Gasteiger partial charge in [-0.25, -0.2) is 0 Å². The first-order chi connectivity index (χ1) is 3.89. The molecule has 10 heavy (non-hydrogen) atoms. The van der Waals surface area contributed by atoms with Gasteiger partial charge in [-0.2, -0.15) is 0 Å². The molecule has 0 radical (unpaired) electrons. The summed E-state index contributed by atoms with van der Waals surface area (Å²) in [6.45, 7) is 2.74. The third-order valence-electron chi connectivity index (χ3n) is 1.11. The van der Waals surface area contributed by atoms with Gasteiger partial charge in [0.25, 0.3) is 0 Å². The summed E-state index contributed by atoms with van der Waals surface area (Å²) < 4.78 is 0. The molecule has 54 valence electrons. The molecule has 0 saturated heterocycles. The Morgan fingerprint density at radius 2 is 1.80 bits per heavy atom. The fourth-order valence-electron chi connectivity index (χ4n) is 0.236. The standard InChI is InChI=1S/C5H10O4.Na/c1-3(2)5(8,9)4(6)7;/h3,8-9H,1-2H3,(H,6,7);/q;+1/p-1. The van der Waals surface area contributed by atoms with Crippen LogP contribution in [0.4, 0.5) is 0 Å². The first-order valence-corrected chi connectivity index (χ1v) is 2.55. The van der Waals surface area contributed by atoms with Gasteiger partial charge in [-0.3, -0.25) is 0 Å². The SMILES string of the molecule is CC(C)C(O)(O)C(=O)[O-].[Na+]. The van der Waals surface area contributed by atoms with Crippen LogP contribution >= 0.6 is 0 Å². The van der Waals surface area contributed by atoms with Gasteiger partial charge in [-0.05, 0) is 0 Å². The van der Waals surface area contributed by atoms with E-state index in [1.807, 2.05) is 0 Å². The molecule has 0 aliphatic rings. The molecule has 0 heterocycles. The van der Waals surface area contributed by atoms with Crippen molar-refractivity contribution in [3.05, 3.63) is 0 Å². The van der Waals surface area contributed by atoms with Crippen molar-refractivity contribution in [2.75, 3.05) is 0 Å². The zero-order valence-corrected chi connectivity index (χ0v) is 8.29. The summed E-state index contributed by atoms with van der Waals surface area (Å²) in [5.74, 6) is -5.32. The summed E-state index contributed by atoms with van der Waals surface area (Å²) in [4.78, 5) is 9.85. The molecule has 0 saturated carbocycles. The Balaban J connectivity index is 0. The molecule has 0 atom stereocenters. The summed E-state index contributed by atoms with van der Waals surface area (Å²) in [6.07, 6.45) is 0. The number of aliphatic hydroxyl groups is 2. The second-order valence-electron chi connectivity index (χ2n) is 2.17. The fourth-order valence-corrected chi connectivity index (χ4v) is 0.236. The van der Waals surface area contributed by atoms with Crippen LogP contribution in [0.25, 0.3) is 0 Å². The van der Waals surface area contributed by atoms with Crippen LogP contribution in [0.3, 0.4) is 0 Å². The minimum atomic E-state index is -2.69.